The van der Waals surface area contributed by atoms with Gasteiger partial charge in [-0.15, -0.1) is 0 Å². The molecule has 5 heteroatoms. The Kier molecular flexibility index (Phi) is 5.22. The minimum absolute atomic E-state index is 0.276. The van der Waals surface area contributed by atoms with E-state index in [1.54, 1.807) is 24.3 Å². The highest BCUT2D eigenvalue weighted by atomic mass is 79.9. The first-order valence-electron chi connectivity index (χ1n) is 6.58. The van der Waals surface area contributed by atoms with Crippen LogP contribution < -0.4 is 10.1 Å². The maximum Gasteiger partial charge on any atom is 0.335 e. The van der Waals surface area contributed by atoms with E-state index in [0.717, 1.165) is 21.5 Å². The molecule has 110 valence electrons. The predicted molar refractivity (Wildman–Crippen MR) is 86.0 cm³/mol. The normalized spacial score (nSPS) is 10.2. The number of benzene rings is 2. The smallest absolute Gasteiger partial charge is 0.335 e. The number of hydrogen-bond donors (Lipinski definition) is 2. The van der Waals surface area contributed by atoms with Crippen molar-refractivity contribution >= 4 is 27.6 Å². The number of ether oxygens (including phenoxy) is 1. The second-order valence-electron chi connectivity index (χ2n) is 4.42. The van der Waals surface area contributed by atoms with E-state index < -0.39 is 5.97 Å². The highest BCUT2D eigenvalue weighted by Gasteiger charge is 2.05. The summed E-state index contributed by atoms with van der Waals surface area (Å²) in [7, 11) is 0. The molecule has 0 fully saturated rings. The third kappa shape index (κ3) is 4.23. The van der Waals surface area contributed by atoms with Crippen LogP contribution in [0.1, 0.15) is 22.8 Å². The molecule has 0 aliphatic rings. The van der Waals surface area contributed by atoms with Crippen molar-refractivity contribution in [2.24, 2.45) is 0 Å². The molecule has 0 radical (unpaired) electrons. The van der Waals surface area contributed by atoms with Gasteiger partial charge in [-0.05, 0) is 49.4 Å². The van der Waals surface area contributed by atoms with Crippen molar-refractivity contribution in [1.82, 2.24) is 0 Å². The van der Waals surface area contributed by atoms with Crippen LogP contribution in [-0.2, 0) is 6.54 Å². The third-order valence-corrected chi connectivity index (χ3v) is 3.43. The fraction of sp³-hybridized carbons (Fsp3) is 0.188. The van der Waals surface area contributed by atoms with E-state index >= 15 is 0 Å². The second kappa shape index (κ2) is 7.13. The Balaban J connectivity index is 2.08. The summed E-state index contributed by atoms with van der Waals surface area (Å²) in [6.07, 6.45) is 0. The van der Waals surface area contributed by atoms with Gasteiger partial charge in [-0.3, -0.25) is 0 Å². The lowest BCUT2D eigenvalue weighted by Crippen LogP contribution is -2.04. The van der Waals surface area contributed by atoms with Gasteiger partial charge < -0.3 is 15.2 Å². The molecule has 21 heavy (non-hydrogen) atoms. The number of hydrogen-bond acceptors (Lipinski definition) is 3. The van der Waals surface area contributed by atoms with Gasteiger partial charge in [0.1, 0.15) is 5.75 Å². The van der Waals surface area contributed by atoms with Crippen LogP contribution in [0.5, 0.6) is 5.75 Å². The van der Waals surface area contributed by atoms with Gasteiger partial charge in [0, 0.05) is 22.3 Å². The molecule has 0 aliphatic carbocycles. The zero-order valence-corrected chi connectivity index (χ0v) is 13.2. The van der Waals surface area contributed by atoms with Crippen LogP contribution in [0.4, 0.5) is 5.69 Å². The van der Waals surface area contributed by atoms with Crippen molar-refractivity contribution in [3.05, 3.63) is 58.1 Å². The van der Waals surface area contributed by atoms with Gasteiger partial charge in [0.15, 0.2) is 0 Å². The van der Waals surface area contributed by atoms with Crippen LogP contribution in [0, 0.1) is 0 Å². The van der Waals surface area contributed by atoms with E-state index in [9.17, 15) is 4.79 Å². The Bertz CT molecular complexity index is 626. The van der Waals surface area contributed by atoms with Crippen molar-refractivity contribution in [2.45, 2.75) is 13.5 Å². The summed E-state index contributed by atoms with van der Waals surface area (Å²) in [5.74, 6) is -0.0810. The number of carbonyl (C=O) groups is 1. The molecule has 2 aromatic rings. The number of carboxylic acids is 1. The van der Waals surface area contributed by atoms with Gasteiger partial charge in [-0.2, -0.15) is 0 Å². The summed E-state index contributed by atoms with van der Waals surface area (Å²) < 4.78 is 6.58. The number of halogens is 1. The lowest BCUT2D eigenvalue weighted by atomic mass is 10.1. The molecular weight excluding hydrogens is 334 g/mol. The summed E-state index contributed by atoms with van der Waals surface area (Å²) in [4.78, 5) is 10.8. The van der Waals surface area contributed by atoms with Gasteiger partial charge in [-0.25, -0.2) is 4.79 Å². The van der Waals surface area contributed by atoms with Crippen molar-refractivity contribution in [2.75, 3.05) is 11.9 Å². The number of rotatable bonds is 6. The quantitative estimate of drug-likeness (QED) is 0.821. The molecule has 0 aliphatic heterocycles. The standard InChI is InChI=1S/C16H16BrNO3/c1-2-21-15-8-5-13(17)9-12(15)10-18-14-6-3-11(4-7-14)16(19)20/h3-9,18H,2,10H2,1H3,(H,19,20). The molecule has 2 rings (SSSR count). The molecule has 0 unspecified atom stereocenters. The predicted octanol–water partition coefficient (Wildman–Crippen LogP) is 4.16. The Morgan fingerprint density at radius 2 is 1.95 bits per heavy atom. The second-order valence-corrected chi connectivity index (χ2v) is 5.34. The maximum atomic E-state index is 10.8. The molecule has 0 saturated carbocycles. The van der Waals surface area contributed by atoms with E-state index in [1.807, 2.05) is 25.1 Å². The van der Waals surface area contributed by atoms with Crippen LogP contribution in [0.25, 0.3) is 0 Å². The van der Waals surface area contributed by atoms with Crippen molar-refractivity contribution < 1.29 is 14.6 Å². The highest BCUT2D eigenvalue weighted by Crippen LogP contribution is 2.24. The van der Waals surface area contributed by atoms with E-state index in [0.29, 0.717) is 13.2 Å². The summed E-state index contributed by atoms with van der Waals surface area (Å²) in [6.45, 7) is 3.16. The van der Waals surface area contributed by atoms with Crippen molar-refractivity contribution in [3.8, 4) is 5.75 Å². The monoisotopic (exact) mass is 349 g/mol. The third-order valence-electron chi connectivity index (χ3n) is 2.94. The molecule has 0 saturated heterocycles. The average molecular weight is 350 g/mol. The lowest BCUT2D eigenvalue weighted by molar-refractivity contribution is 0.0697. The zero-order chi connectivity index (χ0) is 15.2. The molecular formula is C16H16BrNO3. The SMILES string of the molecule is CCOc1ccc(Br)cc1CNc1ccc(C(=O)O)cc1. The van der Waals surface area contributed by atoms with Crippen LogP contribution in [0.15, 0.2) is 46.9 Å². The number of aromatic carboxylic acids is 1. The van der Waals surface area contributed by atoms with Crippen LogP contribution in [0.2, 0.25) is 0 Å². The average Bonchev–Trinajstić information content (AvgIpc) is 2.48. The molecule has 2 N–H and O–H groups in total. The number of anilines is 1. The van der Waals surface area contributed by atoms with Gasteiger partial charge in [0.2, 0.25) is 0 Å². The van der Waals surface area contributed by atoms with Gasteiger partial charge >= 0.3 is 5.97 Å². The molecule has 0 heterocycles. The van der Waals surface area contributed by atoms with Crippen molar-refractivity contribution in [1.29, 1.82) is 0 Å². The Morgan fingerprint density at radius 3 is 2.57 bits per heavy atom. The number of nitrogens with one attached hydrogen (secondary N) is 1. The Labute approximate surface area is 131 Å². The number of carboxylic acid groups (broad SMARTS) is 1. The first-order chi connectivity index (χ1) is 10.1. The minimum atomic E-state index is -0.924. The molecule has 0 atom stereocenters. The molecule has 0 amide bonds. The molecule has 0 bridgehead atoms. The van der Waals surface area contributed by atoms with Crippen LogP contribution >= 0.6 is 15.9 Å². The zero-order valence-electron chi connectivity index (χ0n) is 11.6. The van der Waals surface area contributed by atoms with Crippen LogP contribution in [0.3, 0.4) is 0 Å². The van der Waals surface area contributed by atoms with Gasteiger partial charge in [0.25, 0.3) is 0 Å². The largest absolute Gasteiger partial charge is 0.494 e. The highest BCUT2D eigenvalue weighted by molar-refractivity contribution is 9.10. The fourth-order valence-electron chi connectivity index (χ4n) is 1.91. The molecule has 0 aromatic heterocycles. The van der Waals surface area contributed by atoms with Crippen molar-refractivity contribution in [3.63, 3.8) is 0 Å². The summed E-state index contributed by atoms with van der Waals surface area (Å²) >= 11 is 3.45. The molecule has 4 nitrogen and oxygen atoms in total. The van der Waals surface area contributed by atoms with E-state index in [2.05, 4.69) is 21.2 Å². The Morgan fingerprint density at radius 1 is 1.24 bits per heavy atom. The van der Waals surface area contributed by atoms with E-state index in [-0.39, 0.29) is 5.56 Å². The van der Waals surface area contributed by atoms with E-state index in [4.69, 9.17) is 9.84 Å². The fourth-order valence-corrected chi connectivity index (χ4v) is 2.32. The summed E-state index contributed by atoms with van der Waals surface area (Å²) in [6, 6.07) is 12.5. The first-order valence-corrected chi connectivity index (χ1v) is 7.38. The maximum absolute atomic E-state index is 10.8. The topological polar surface area (TPSA) is 58.6 Å². The first kappa shape index (κ1) is 15.4. The molecule has 0 spiro atoms. The molecule has 2 aromatic carbocycles. The van der Waals surface area contributed by atoms with Crippen LogP contribution in [-0.4, -0.2) is 17.7 Å². The minimum Gasteiger partial charge on any atom is -0.494 e. The van der Waals surface area contributed by atoms with Gasteiger partial charge in [0.05, 0.1) is 12.2 Å². The Hall–Kier alpha value is -2.01. The van der Waals surface area contributed by atoms with E-state index in [1.165, 1.54) is 0 Å². The summed E-state index contributed by atoms with van der Waals surface area (Å²) in [5.41, 5.74) is 2.17. The lowest BCUT2D eigenvalue weighted by Gasteiger charge is -2.12. The van der Waals surface area contributed by atoms with Gasteiger partial charge in [-0.1, -0.05) is 15.9 Å². The summed E-state index contributed by atoms with van der Waals surface area (Å²) in [5, 5.41) is 12.1.